The van der Waals surface area contributed by atoms with E-state index in [-0.39, 0.29) is 29.2 Å². The lowest BCUT2D eigenvalue weighted by atomic mass is 10.2. The summed E-state index contributed by atoms with van der Waals surface area (Å²) in [5, 5.41) is 2.48. The molecule has 176 valence electrons. The lowest BCUT2D eigenvalue weighted by Gasteiger charge is -2.21. The van der Waals surface area contributed by atoms with Crippen molar-refractivity contribution in [1.29, 1.82) is 0 Å². The number of rotatable bonds is 8. The standard InChI is InChI=1S/C21H25F3N2O5S/c22-21(23,24)15-31-19-9-8-17(32(28,29)26-11-3-1-2-4-12-26)14-18(19)25-20(27)10-7-16-6-5-13-30-16/h5-6,8-9,13-14H,1-4,7,10-12,15H2,(H,25,27). The topological polar surface area (TPSA) is 88.8 Å². The molecule has 0 spiro atoms. The molecule has 1 N–H and O–H groups in total. The third kappa shape index (κ3) is 6.73. The van der Waals surface area contributed by atoms with Crippen LogP contribution in [0.5, 0.6) is 5.75 Å². The van der Waals surface area contributed by atoms with Crippen LogP contribution in [0.25, 0.3) is 0 Å². The van der Waals surface area contributed by atoms with Crippen LogP contribution in [0.15, 0.2) is 45.9 Å². The fraction of sp³-hybridized carbons (Fsp3) is 0.476. The SMILES string of the molecule is O=C(CCc1ccco1)Nc1cc(S(=O)(=O)N2CCCCCC2)ccc1OCC(F)(F)F. The molecule has 1 aliphatic rings. The van der Waals surface area contributed by atoms with E-state index in [2.05, 4.69) is 5.32 Å². The average Bonchev–Trinajstić information content (AvgIpc) is 3.10. The highest BCUT2D eigenvalue weighted by molar-refractivity contribution is 7.89. The molecule has 32 heavy (non-hydrogen) atoms. The Bertz CT molecular complexity index is 999. The number of aryl methyl sites for hydroxylation is 1. The number of halogens is 3. The van der Waals surface area contributed by atoms with Gasteiger partial charge in [0, 0.05) is 25.9 Å². The van der Waals surface area contributed by atoms with Gasteiger partial charge >= 0.3 is 6.18 Å². The zero-order chi connectivity index (χ0) is 23.2. The van der Waals surface area contributed by atoms with E-state index in [1.54, 1.807) is 12.1 Å². The number of hydrogen-bond acceptors (Lipinski definition) is 5. The Hall–Kier alpha value is -2.53. The van der Waals surface area contributed by atoms with E-state index in [4.69, 9.17) is 9.15 Å². The van der Waals surface area contributed by atoms with Gasteiger partial charge in [-0.1, -0.05) is 12.8 Å². The lowest BCUT2D eigenvalue weighted by Crippen LogP contribution is -2.32. The van der Waals surface area contributed by atoms with Crippen molar-refractivity contribution in [2.75, 3.05) is 25.0 Å². The highest BCUT2D eigenvalue weighted by atomic mass is 32.2. The van der Waals surface area contributed by atoms with Gasteiger partial charge in [0.15, 0.2) is 6.61 Å². The third-order valence-electron chi connectivity index (χ3n) is 5.00. The van der Waals surface area contributed by atoms with Crippen LogP contribution in [0, 0.1) is 0 Å². The second kappa shape index (κ2) is 10.4. The Labute approximate surface area is 184 Å². The van der Waals surface area contributed by atoms with Crippen molar-refractivity contribution in [1.82, 2.24) is 4.31 Å². The third-order valence-corrected chi connectivity index (χ3v) is 6.89. The molecule has 1 fully saturated rings. The maximum Gasteiger partial charge on any atom is 0.422 e. The molecule has 0 atom stereocenters. The highest BCUT2D eigenvalue weighted by Gasteiger charge is 2.30. The number of benzene rings is 1. The van der Waals surface area contributed by atoms with Crippen molar-refractivity contribution in [3.63, 3.8) is 0 Å². The number of nitrogens with zero attached hydrogens (tertiary/aromatic N) is 1. The molecule has 1 aliphatic heterocycles. The summed E-state index contributed by atoms with van der Waals surface area (Å²) < 4.78 is 75.4. The van der Waals surface area contributed by atoms with Crippen molar-refractivity contribution < 1.29 is 35.5 Å². The number of hydrogen-bond donors (Lipinski definition) is 1. The van der Waals surface area contributed by atoms with Gasteiger partial charge in [-0.15, -0.1) is 0 Å². The summed E-state index contributed by atoms with van der Waals surface area (Å²) in [4.78, 5) is 12.3. The Morgan fingerprint density at radius 1 is 1.12 bits per heavy atom. The maximum atomic E-state index is 13.1. The molecule has 7 nitrogen and oxygen atoms in total. The zero-order valence-electron chi connectivity index (χ0n) is 17.4. The number of alkyl halides is 3. The molecule has 11 heteroatoms. The van der Waals surface area contributed by atoms with E-state index >= 15 is 0 Å². The average molecular weight is 475 g/mol. The minimum absolute atomic E-state index is 0.00464. The molecule has 2 aromatic rings. The van der Waals surface area contributed by atoms with Crippen LogP contribution in [0.1, 0.15) is 37.9 Å². The molecule has 0 saturated carbocycles. The van der Waals surface area contributed by atoms with E-state index < -0.39 is 28.7 Å². The summed E-state index contributed by atoms with van der Waals surface area (Å²) in [6, 6.07) is 6.85. The normalized spacial score (nSPS) is 15.8. The fourth-order valence-corrected chi connectivity index (χ4v) is 4.93. The molecule has 0 radical (unpaired) electrons. The Morgan fingerprint density at radius 3 is 2.47 bits per heavy atom. The molecule has 1 aromatic heterocycles. The van der Waals surface area contributed by atoms with Gasteiger partial charge in [0.1, 0.15) is 11.5 Å². The summed E-state index contributed by atoms with van der Waals surface area (Å²) in [5.74, 6) is -0.197. The predicted octanol–water partition coefficient (Wildman–Crippen LogP) is 4.36. The van der Waals surface area contributed by atoms with Gasteiger partial charge in [-0.05, 0) is 43.2 Å². The molecule has 1 aromatic carbocycles. The second-order valence-corrected chi connectivity index (χ2v) is 9.45. The molecular formula is C21H25F3N2O5S. The quantitative estimate of drug-likeness (QED) is 0.614. The predicted molar refractivity (Wildman–Crippen MR) is 111 cm³/mol. The van der Waals surface area contributed by atoms with Gasteiger partial charge in [0.2, 0.25) is 15.9 Å². The molecule has 3 rings (SSSR count). The van der Waals surface area contributed by atoms with Crippen molar-refractivity contribution in [3.8, 4) is 5.75 Å². The number of carbonyl (C=O) groups excluding carboxylic acids is 1. The highest BCUT2D eigenvalue weighted by Crippen LogP contribution is 2.31. The van der Waals surface area contributed by atoms with Crippen molar-refractivity contribution in [2.45, 2.75) is 49.6 Å². The largest absolute Gasteiger partial charge is 0.482 e. The Kier molecular flexibility index (Phi) is 7.83. The zero-order valence-corrected chi connectivity index (χ0v) is 18.2. The van der Waals surface area contributed by atoms with Crippen LogP contribution in [-0.2, 0) is 21.2 Å². The minimum Gasteiger partial charge on any atom is -0.482 e. The first-order chi connectivity index (χ1) is 15.1. The number of carbonyl (C=O) groups is 1. The monoisotopic (exact) mass is 474 g/mol. The summed E-state index contributed by atoms with van der Waals surface area (Å²) in [7, 11) is -3.86. The van der Waals surface area contributed by atoms with Gasteiger partial charge in [0.05, 0.1) is 16.8 Å². The van der Waals surface area contributed by atoms with Crippen molar-refractivity contribution in [2.24, 2.45) is 0 Å². The maximum absolute atomic E-state index is 13.1. The van der Waals surface area contributed by atoms with Gasteiger partial charge in [-0.2, -0.15) is 17.5 Å². The van der Waals surface area contributed by atoms with Crippen molar-refractivity contribution in [3.05, 3.63) is 42.4 Å². The van der Waals surface area contributed by atoms with Crippen LogP contribution in [0.3, 0.4) is 0 Å². The summed E-state index contributed by atoms with van der Waals surface area (Å²) in [6.07, 6.45) is 0.509. The minimum atomic E-state index is -4.59. The van der Waals surface area contributed by atoms with Gasteiger partial charge < -0.3 is 14.5 Å². The van der Waals surface area contributed by atoms with Gasteiger partial charge in [-0.25, -0.2) is 8.42 Å². The summed E-state index contributed by atoms with van der Waals surface area (Å²) in [6.45, 7) is -0.820. The number of sulfonamides is 1. The first kappa shape index (κ1) is 24.1. The first-order valence-electron chi connectivity index (χ1n) is 10.3. The molecule has 0 unspecified atom stereocenters. The van der Waals surface area contributed by atoms with E-state index in [0.29, 0.717) is 18.8 Å². The summed E-state index contributed by atoms with van der Waals surface area (Å²) in [5.41, 5.74) is -0.130. The smallest absolute Gasteiger partial charge is 0.422 e. The fourth-order valence-electron chi connectivity index (χ4n) is 3.39. The second-order valence-electron chi connectivity index (χ2n) is 7.51. The number of anilines is 1. The van der Waals surface area contributed by atoms with Crippen molar-refractivity contribution >= 4 is 21.6 Å². The summed E-state index contributed by atoms with van der Waals surface area (Å²) >= 11 is 0. The molecule has 1 amide bonds. The van der Waals surface area contributed by atoms with E-state index in [0.717, 1.165) is 37.8 Å². The number of ether oxygens (including phenoxy) is 1. The van der Waals surface area contributed by atoms with Crippen LogP contribution in [0.4, 0.5) is 18.9 Å². The van der Waals surface area contributed by atoms with E-state index in [1.165, 1.54) is 16.6 Å². The molecular weight excluding hydrogens is 449 g/mol. The Morgan fingerprint density at radius 2 is 1.84 bits per heavy atom. The number of nitrogens with one attached hydrogen (secondary N) is 1. The van der Waals surface area contributed by atoms with Gasteiger partial charge in [0.25, 0.3) is 0 Å². The molecule has 0 bridgehead atoms. The van der Waals surface area contributed by atoms with Crippen LogP contribution in [0.2, 0.25) is 0 Å². The molecule has 0 aliphatic carbocycles. The van der Waals surface area contributed by atoms with E-state index in [9.17, 15) is 26.4 Å². The Balaban J connectivity index is 1.82. The number of amides is 1. The molecule has 2 heterocycles. The lowest BCUT2D eigenvalue weighted by molar-refractivity contribution is -0.153. The first-order valence-corrected chi connectivity index (χ1v) is 11.8. The molecule has 1 saturated heterocycles. The number of furan rings is 1. The van der Waals surface area contributed by atoms with Crippen LogP contribution < -0.4 is 10.1 Å². The van der Waals surface area contributed by atoms with E-state index in [1.807, 2.05) is 0 Å². The van der Waals surface area contributed by atoms with Crippen LogP contribution >= 0.6 is 0 Å². The van der Waals surface area contributed by atoms with Gasteiger partial charge in [-0.3, -0.25) is 4.79 Å². The van der Waals surface area contributed by atoms with Crippen LogP contribution in [-0.4, -0.2) is 44.5 Å².